The molecule has 0 spiro atoms. The van der Waals surface area contributed by atoms with Crippen molar-refractivity contribution in [3.05, 3.63) is 82.6 Å². The van der Waals surface area contributed by atoms with E-state index in [4.69, 9.17) is 0 Å². The minimum atomic E-state index is -0.271. The molecule has 8 heteroatoms. The molecule has 1 aliphatic heterocycles. The van der Waals surface area contributed by atoms with Crippen molar-refractivity contribution in [1.29, 1.82) is 0 Å². The molecule has 6 nitrogen and oxygen atoms in total. The molecular weight excluding hydrogens is 451 g/mol. The first-order valence-electron chi connectivity index (χ1n) is 11.3. The number of aromatic nitrogens is 2. The molecule has 0 radical (unpaired) electrons. The van der Waals surface area contributed by atoms with E-state index in [1.54, 1.807) is 17.0 Å². The Morgan fingerprint density at radius 2 is 1.91 bits per heavy atom. The highest BCUT2D eigenvalue weighted by Gasteiger charge is 2.30. The van der Waals surface area contributed by atoms with Gasteiger partial charge in [0.2, 0.25) is 5.91 Å². The van der Waals surface area contributed by atoms with E-state index in [2.05, 4.69) is 10.4 Å². The number of rotatable bonds is 5. The fraction of sp³-hybridized carbons (Fsp3) is 0.269. The van der Waals surface area contributed by atoms with Crippen LogP contribution in [-0.2, 0) is 11.3 Å². The minimum absolute atomic E-state index is 0.0499. The molecule has 1 atom stereocenters. The summed E-state index contributed by atoms with van der Waals surface area (Å²) in [4.78, 5) is 29.5. The van der Waals surface area contributed by atoms with Gasteiger partial charge in [-0.05, 0) is 55.7 Å². The van der Waals surface area contributed by atoms with Crippen LogP contribution >= 0.6 is 11.3 Å². The number of benzene rings is 2. The van der Waals surface area contributed by atoms with E-state index in [1.165, 1.54) is 23.5 Å². The van der Waals surface area contributed by atoms with Crippen molar-refractivity contribution in [3.63, 3.8) is 0 Å². The summed E-state index contributed by atoms with van der Waals surface area (Å²) in [5.41, 5.74) is 2.56. The number of fused-ring (bicyclic) bond motifs is 1. The van der Waals surface area contributed by atoms with E-state index >= 15 is 0 Å². The van der Waals surface area contributed by atoms with Crippen LogP contribution in [0.25, 0.3) is 10.2 Å². The van der Waals surface area contributed by atoms with Gasteiger partial charge in [0.1, 0.15) is 10.6 Å². The maximum Gasteiger partial charge on any atom is 0.264 e. The van der Waals surface area contributed by atoms with Crippen molar-refractivity contribution < 1.29 is 14.0 Å². The van der Waals surface area contributed by atoms with Gasteiger partial charge >= 0.3 is 0 Å². The van der Waals surface area contributed by atoms with Crippen LogP contribution in [0.15, 0.2) is 60.7 Å². The number of amides is 2. The second kappa shape index (κ2) is 9.38. The largest absolute Gasteiger partial charge is 0.337 e. The van der Waals surface area contributed by atoms with Gasteiger partial charge in [-0.25, -0.2) is 4.39 Å². The third-order valence-corrected chi connectivity index (χ3v) is 7.32. The predicted molar refractivity (Wildman–Crippen MR) is 132 cm³/mol. The van der Waals surface area contributed by atoms with Gasteiger partial charge in [-0.15, -0.1) is 11.3 Å². The standard InChI is InChI=1S/C26H25FN4O2S/c1-17-22-14-23(34-26(22)31(29-17)15-18-9-11-20(27)12-10-18)25(33)30-13-5-6-19(16-30)24(32)28-21-7-3-2-4-8-21/h2-4,7-12,14,19H,5-6,13,15-16H2,1H3,(H,28,32)/t19-/m1/s1. The number of thiophene rings is 1. The fourth-order valence-electron chi connectivity index (χ4n) is 4.39. The molecule has 4 aromatic rings. The lowest BCUT2D eigenvalue weighted by molar-refractivity contribution is -0.121. The number of piperidine rings is 1. The van der Waals surface area contributed by atoms with E-state index < -0.39 is 0 Å². The molecule has 0 aliphatic carbocycles. The number of nitrogens with zero attached hydrogens (tertiary/aromatic N) is 3. The van der Waals surface area contributed by atoms with Gasteiger partial charge < -0.3 is 10.2 Å². The number of nitrogens with one attached hydrogen (secondary N) is 1. The Bertz CT molecular complexity index is 1330. The zero-order valence-corrected chi connectivity index (χ0v) is 19.6. The Balaban J connectivity index is 1.31. The summed E-state index contributed by atoms with van der Waals surface area (Å²) in [7, 11) is 0. The van der Waals surface area contributed by atoms with E-state index in [0.29, 0.717) is 24.5 Å². The van der Waals surface area contributed by atoms with Crippen LogP contribution in [0.4, 0.5) is 10.1 Å². The van der Waals surface area contributed by atoms with Gasteiger partial charge in [0.25, 0.3) is 5.91 Å². The summed E-state index contributed by atoms with van der Waals surface area (Å²) in [5, 5.41) is 8.52. The maximum atomic E-state index is 13.3. The van der Waals surface area contributed by atoms with Crippen LogP contribution < -0.4 is 5.32 Å². The van der Waals surface area contributed by atoms with E-state index in [-0.39, 0.29) is 23.5 Å². The molecule has 1 saturated heterocycles. The van der Waals surface area contributed by atoms with Crippen LogP contribution in [-0.4, -0.2) is 39.6 Å². The van der Waals surface area contributed by atoms with E-state index in [0.717, 1.165) is 40.0 Å². The highest BCUT2D eigenvalue weighted by molar-refractivity contribution is 7.20. The monoisotopic (exact) mass is 476 g/mol. The topological polar surface area (TPSA) is 67.2 Å². The third kappa shape index (κ3) is 4.59. The van der Waals surface area contributed by atoms with Crippen LogP contribution in [0.5, 0.6) is 0 Å². The van der Waals surface area contributed by atoms with Gasteiger partial charge in [0.05, 0.1) is 23.0 Å². The molecular formula is C26H25FN4O2S. The molecule has 0 unspecified atom stereocenters. The van der Waals surface area contributed by atoms with Gasteiger partial charge in [-0.2, -0.15) is 5.10 Å². The number of anilines is 1. The normalized spacial score (nSPS) is 16.1. The average Bonchev–Trinajstić information content (AvgIpc) is 3.42. The van der Waals surface area contributed by atoms with Crippen molar-refractivity contribution >= 4 is 39.1 Å². The summed E-state index contributed by atoms with van der Waals surface area (Å²) in [5.74, 6) is -0.605. The van der Waals surface area contributed by atoms with Gasteiger partial charge in [-0.3, -0.25) is 14.3 Å². The van der Waals surface area contributed by atoms with E-state index in [9.17, 15) is 14.0 Å². The molecule has 2 aromatic carbocycles. The lowest BCUT2D eigenvalue weighted by Crippen LogP contribution is -2.43. The SMILES string of the molecule is Cc1nn(Cc2ccc(F)cc2)c2sc(C(=O)N3CCC[C@@H](C(=O)Nc4ccccc4)C3)cc12. The Morgan fingerprint density at radius 3 is 2.68 bits per heavy atom. The molecule has 2 aromatic heterocycles. The van der Waals surface area contributed by atoms with E-state index in [1.807, 2.05) is 48.0 Å². The fourth-order valence-corrected chi connectivity index (χ4v) is 5.51. The number of likely N-dealkylation sites (tertiary alicyclic amines) is 1. The van der Waals surface area contributed by atoms with Crippen molar-refractivity contribution in [1.82, 2.24) is 14.7 Å². The number of carbonyl (C=O) groups excluding carboxylic acids is 2. The Morgan fingerprint density at radius 1 is 1.15 bits per heavy atom. The number of halogens is 1. The number of aryl methyl sites for hydroxylation is 1. The lowest BCUT2D eigenvalue weighted by Gasteiger charge is -2.31. The number of para-hydroxylation sites is 1. The number of carbonyl (C=O) groups is 2. The maximum absolute atomic E-state index is 13.3. The highest BCUT2D eigenvalue weighted by Crippen LogP contribution is 2.31. The Labute approximate surface area is 201 Å². The van der Waals surface area contributed by atoms with Crippen LogP contribution in [0.3, 0.4) is 0 Å². The molecule has 0 saturated carbocycles. The Hall–Kier alpha value is -3.52. The molecule has 2 amide bonds. The first-order valence-corrected chi connectivity index (χ1v) is 12.2. The first-order chi connectivity index (χ1) is 16.5. The second-order valence-corrected chi connectivity index (χ2v) is 9.68. The zero-order valence-electron chi connectivity index (χ0n) is 18.8. The van der Waals surface area contributed by atoms with Crippen molar-refractivity contribution in [2.45, 2.75) is 26.3 Å². The summed E-state index contributed by atoms with van der Waals surface area (Å²) < 4.78 is 15.1. The summed E-state index contributed by atoms with van der Waals surface area (Å²) in [6.45, 7) is 3.48. The Kier molecular flexibility index (Phi) is 6.15. The minimum Gasteiger partial charge on any atom is -0.337 e. The van der Waals surface area contributed by atoms with Crippen LogP contribution in [0, 0.1) is 18.7 Å². The number of hydrogen-bond acceptors (Lipinski definition) is 4. The summed E-state index contributed by atoms with van der Waals surface area (Å²) in [6, 6.07) is 17.6. The van der Waals surface area contributed by atoms with Crippen LogP contribution in [0.2, 0.25) is 0 Å². The van der Waals surface area contributed by atoms with Crippen LogP contribution in [0.1, 0.15) is 33.8 Å². The van der Waals surface area contributed by atoms with Crippen molar-refractivity contribution in [2.24, 2.45) is 5.92 Å². The van der Waals surface area contributed by atoms with Gasteiger partial charge in [0.15, 0.2) is 0 Å². The molecule has 174 valence electrons. The molecule has 1 aliphatic rings. The smallest absolute Gasteiger partial charge is 0.264 e. The summed E-state index contributed by atoms with van der Waals surface area (Å²) >= 11 is 1.42. The first kappa shape index (κ1) is 22.3. The second-order valence-electron chi connectivity index (χ2n) is 8.64. The van der Waals surface area contributed by atoms with Crippen molar-refractivity contribution in [3.8, 4) is 0 Å². The predicted octanol–water partition coefficient (Wildman–Crippen LogP) is 5.08. The quantitative estimate of drug-likeness (QED) is 0.437. The van der Waals surface area contributed by atoms with Gasteiger partial charge in [0, 0.05) is 24.2 Å². The average molecular weight is 477 g/mol. The molecule has 1 fully saturated rings. The lowest BCUT2D eigenvalue weighted by atomic mass is 9.97. The van der Waals surface area contributed by atoms with Gasteiger partial charge in [-0.1, -0.05) is 30.3 Å². The molecule has 5 rings (SSSR count). The molecule has 3 heterocycles. The zero-order chi connectivity index (χ0) is 23.7. The third-order valence-electron chi connectivity index (χ3n) is 6.18. The molecule has 34 heavy (non-hydrogen) atoms. The molecule has 0 bridgehead atoms. The number of hydrogen-bond donors (Lipinski definition) is 1. The van der Waals surface area contributed by atoms with Crippen molar-refractivity contribution in [2.75, 3.05) is 18.4 Å². The summed E-state index contributed by atoms with van der Waals surface area (Å²) in [6.07, 6.45) is 1.56. The highest BCUT2D eigenvalue weighted by atomic mass is 32.1. The molecule has 1 N–H and O–H groups in total.